The number of rotatable bonds is 4. The van der Waals surface area contributed by atoms with E-state index in [9.17, 15) is 4.39 Å². The van der Waals surface area contributed by atoms with Crippen LogP contribution in [0, 0.1) is 24.6 Å². The van der Waals surface area contributed by atoms with Crippen molar-refractivity contribution in [1.82, 2.24) is 0 Å². The zero-order chi connectivity index (χ0) is 11.8. The minimum atomic E-state index is -0.208. The molecule has 0 heterocycles. The van der Waals surface area contributed by atoms with Crippen molar-refractivity contribution in [3.05, 3.63) is 35.1 Å². The van der Waals surface area contributed by atoms with Crippen molar-refractivity contribution in [3.8, 4) is 11.8 Å². The van der Waals surface area contributed by atoms with E-state index in [2.05, 4.69) is 18.8 Å². The molecule has 1 heteroatoms. The molecule has 0 aliphatic rings. The van der Waals surface area contributed by atoms with Gasteiger partial charge in [-0.2, -0.15) is 0 Å². The molecule has 0 aliphatic heterocycles. The summed E-state index contributed by atoms with van der Waals surface area (Å²) in [6.45, 7) is 4.16. The summed E-state index contributed by atoms with van der Waals surface area (Å²) in [4.78, 5) is 0. The fourth-order valence-electron chi connectivity index (χ4n) is 1.53. The van der Waals surface area contributed by atoms with Crippen LogP contribution in [0.5, 0.6) is 0 Å². The van der Waals surface area contributed by atoms with Crippen molar-refractivity contribution in [3.63, 3.8) is 0 Å². The Morgan fingerprint density at radius 3 is 2.75 bits per heavy atom. The lowest BCUT2D eigenvalue weighted by Gasteiger charge is -1.97. The second-order valence-corrected chi connectivity index (χ2v) is 4.07. The molecule has 0 N–H and O–H groups in total. The SMILES string of the molecule is CCCCCCC#Cc1cc(F)ccc1C. The molecule has 0 radical (unpaired) electrons. The molecule has 0 unspecified atom stereocenters. The number of benzene rings is 1. The number of hydrogen-bond acceptors (Lipinski definition) is 0. The highest BCUT2D eigenvalue weighted by atomic mass is 19.1. The molecule has 0 amide bonds. The summed E-state index contributed by atoms with van der Waals surface area (Å²) in [5.74, 6) is 5.95. The molecule has 0 aliphatic carbocycles. The van der Waals surface area contributed by atoms with Gasteiger partial charge < -0.3 is 0 Å². The van der Waals surface area contributed by atoms with E-state index in [0.29, 0.717) is 0 Å². The van der Waals surface area contributed by atoms with Crippen LogP contribution in [0.3, 0.4) is 0 Å². The van der Waals surface area contributed by atoms with Gasteiger partial charge in [0.25, 0.3) is 0 Å². The Kier molecular flexibility index (Phi) is 5.64. The zero-order valence-corrected chi connectivity index (χ0v) is 10.1. The van der Waals surface area contributed by atoms with Crippen LogP contribution in [0.1, 0.15) is 50.2 Å². The molecular weight excluding hydrogens is 199 g/mol. The summed E-state index contributed by atoms with van der Waals surface area (Å²) in [5, 5.41) is 0. The highest BCUT2D eigenvalue weighted by molar-refractivity contribution is 5.40. The Morgan fingerprint density at radius 2 is 2.00 bits per heavy atom. The van der Waals surface area contributed by atoms with E-state index in [1.165, 1.54) is 31.4 Å². The molecule has 0 saturated carbocycles. The number of hydrogen-bond donors (Lipinski definition) is 0. The van der Waals surface area contributed by atoms with E-state index in [1.807, 2.05) is 6.92 Å². The van der Waals surface area contributed by atoms with Crippen LogP contribution < -0.4 is 0 Å². The minimum absolute atomic E-state index is 0.208. The van der Waals surface area contributed by atoms with Crippen molar-refractivity contribution in [2.24, 2.45) is 0 Å². The molecule has 16 heavy (non-hydrogen) atoms. The normalized spacial score (nSPS) is 9.69. The first-order valence-electron chi connectivity index (χ1n) is 5.99. The molecule has 0 aromatic heterocycles. The van der Waals surface area contributed by atoms with Crippen molar-refractivity contribution < 1.29 is 4.39 Å². The fraction of sp³-hybridized carbons (Fsp3) is 0.467. The third kappa shape index (κ3) is 4.49. The third-order valence-electron chi connectivity index (χ3n) is 2.58. The second-order valence-electron chi connectivity index (χ2n) is 4.07. The lowest BCUT2D eigenvalue weighted by atomic mass is 10.1. The smallest absolute Gasteiger partial charge is 0.124 e. The minimum Gasteiger partial charge on any atom is -0.207 e. The van der Waals surface area contributed by atoms with E-state index in [1.54, 1.807) is 6.07 Å². The van der Waals surface area contributed by atoms with E-state index in [4.69, 9.17) is 0 Å². The van der Waals surface area contributed by atoms with Crippen LogP contribution in [0.4, 0.5) is 4.39 Å². The summed E-state index contributed by atoms with van der Waals surface area (Å²) in [6, 6.07) is 4.76. The Balaban J connectivity index is 2.46. The van der Waals surface area contributed by atoms with E-state index in [0.717, 1.165) is 24.0 Å². The summed E-state index contributed by atoms with van der Waals surface area (Å²) in [6.07, 6.45) is 5.83. The molecule has 0 spiro atoms. The van der Waals surface area contributed by atoms with Gasteiger partial charge in [-0.05, 0) is 31.0 Å². The van der Waals surface area contributed by atoms with Crippen molar-refractivity contribution in [1.29, 1.82) is 0 Å². The van der Waals surface area contributed by atoms with Gasteiger partial charge in [-0.25, -0.2) is 4.39 Å². The molecule has 0 atom stereocenters. The Labute approximate surface area is 97.9 Å². The van der Waals surface area contributed by atoms with Gasteiger partial charge in [-0.1, -0.05) is 44.1 Å². The lowest BCUT2D eigenvalue weighted by Crippen LogP contribution is -1.84. The highest BCUT2D eigenvalue weighted by Crippen LogP contribution is 2.09. The predicted molar refractivity (Wildman–Crippen MR) is 66.8 cm³/mol. The second kappa shape index (κ2) is 7.06. The molecule has 86 valence electrons. The maximum absolute atomic E-state index is 13.0. The van der Waals surface area contributed by atoms with Crippen molar-refractivity contribution in [2.45, 2.75) is 46.0 Å². The number of aryl methyl sites for hydroxylation is 1. The van der Waals surface area contributed by atoms with Gasteiger partial charge in [-0.3, -0.25) is 0 Å². The molecule has 1 rings (SSSR count). The summed E-state index contributed by atoms with van der Waals surface area (Å²) >= 11 is 0. The van der Waals surface area contributed by atoms with Gasteiger partial charge in [-0.15, -0.1) is 0 Å². The summed E-state index contributed by atoms with van der Waals surface area (Å²) in [7, 11) is 0. The topological polar surface area (TPSA) is 0 Å². The largest absolute Gasteiger partial charge is 0.207 e. The third-order valence-corrected chi connectivity index (χ3v) is 2.58. The van der Waals surface area contributed by atoms with E-state index < -0.39 is 0 Å². The Morgan fingerprint density at radius 1 is 1.19 bits per heavy atom. The van der Waals surface area contributed by atoms with Gasteiger partial charge in [0.15, 0.2) is 0 Å². The van der Waals surface area contributed by atoms with Crippen molar-refractivity contribution in [2.75, 3.05) is 0 Å². The van der Waals surface area contributed by atoms with Crippen molar-refractivity contribution >= 4 is 0 Å². The van der Waals surface area contributed by atoms with Gasteiger partial charge in [0.1, 0.15) is 5.82 Å². The monoisotopic (exact) mass is 218 g/mol. The van der Waals surface area contributed by atoms with Crippen LogP contribution in [-0.4, -0.2) is 0 Å². The fourth-order valence-corrected chi connectivity index (χ4v) is 1.53. The summed E-state index contributed by atoms with van der Waals surface area (Å²) in [5.41, 5.74) is 1.86. The van der Waals surface area contributed by atoms with Gasteiger partial charge in [0, 0.05) is 12.0 Å². The Hall–Kier alpha value is -1.29. The molecule has 1 aromatic rings. The van der Waals surface area contributed by atoms with Gasteiger partial charge >= 0.3 is 0 Å². The zero-order valence-electron chi connectivity index (χ0n) is 10.1. The molecule has 1 aromatic carbocycles. The van der Waals surface area contributed by atoms with Crippen LogP contribution in [0.2, 0.25) is 0 Å². The maximum atomic E-state index is 13.0. The maximum Gasteiger partial charge on any atom is 0.124 e. The van der Waals surface area contributed by atoms with Crippen LogP contribution >= 0.6 is 0 Å². The quantitative estimate of drug-likeness (QED) is 0.517. The number of halogens is 1. The first kappa shape index (κ1) is 12.8. The molecule has 0 nitrogen and oxygen atoms in total. The molecular formula is C15H19F. The first-order valence-corrected chi connectivity index (χ1v) is 5.99. The van der Waals surface area contributed by atoms with Gasteiger partial charge in [0.2, 0.25) is 0 Å². The van der Waals surface area contributed by atoms with Crippen LogP contribution in [0.15, 0.2) is 18.2 Å². The standard InChI is InChI=1S/C15H19F/c1-3-4-5-6-7-8-9-14-12-15(16)11-10-13(14)2/h10-12H,3-7H2,1-2H3. The molecule has 0 bridgehead atoms. The first-order chi connectivity index (χ1) is 7.74. The lowest BCUT2D eigenvalue weighted by molar-refractivity contribution is 0.627. The number of unbranched alkanes of at least 4 members (excludes halogenated alkanes) is 4. The van der Waals surface area contributed by atoms with E-state index in [-0.39, 0.29) is 5.82 Å². The predicted octanol–water partition coefficient (Wildman–Crippen LogP) is 4.46. The molecule has 0 saturated heterocycles. The highest BCUT2D eigenvalue weighted by Gasteiger charge is 1.95. The summed E-state index contributed by atoms with van der Waals surface area (Å²) < 4.78 is 13.0. The van der Waals surface area contributed by atoms with Crippen LogP contribution in [-0.2, 0) is 0 Å². The van der Waals surface area contributed by atoms with E-state index >= 15 is 0 Å². The van der Waals surface area contributed by atoms with Gasteiger partial charge in [0.05, 0.1) is 0 Å². The average Bonchev–Trinajstić information content (AvgIpc) is 2.28. The average molecular weight is 218 g/mol. The molecule has 0 fully saturated rings. The Bertz CT molecular complexity index is 382. The van der Waals surface area contributed by atoms with Crippen LogP contribution in [0.25, 0.3) is 0 Å².